The van der Waals surface area contributed by atoms with Gasteiger partial charge in [0, 0.05) is 12.4 Å². The molecule has 0 aliphatic rings. The largest absolute Gasteiger partial charge is 0.416 e. The number of aryl methyl sites for hydroxylation is 1. The minimum atomic E-state index is -4.43. The number of nitrogens with zero attached hydrogens (tertiary/aromatic N) is 4. The molecule has 4 aromatic rings. The zero-order valence-corrected chi connectivity index (χ0v) is 14.0. The van der Waals surface area contributed by atoms with E-state index in [1.165, 1.54) is 6.07 Å². The summed E-state index contributed by atoms with van der Waals surface area (Å²) in [5.74, 6) is 0.00910. The number of rotatable bonds is 3. The highest BCUT2D eigenvalue weighted by molar-refractivity contribution is 5.94. The van der Waals surface area contributed by atoms with Crippen molar-refractivity contribution in [3.8, 4) is 0 Å². The molecule has 7 nitrogen and oxygen atoms in total. The number of benzene rings is 1. The summed E-state index contributed by atoms with van der Waals surface area (Å²) in [4.78, 5) is 20.7. The van der Waals surface area contributed by atoms with E-state index in [1.807, 2.05) is 0 Å². The Labute approximate surface area is 150 Å². The molecule has 3 heterocycles. The number of carbonyl (C=O) groups excluding carboxylic acids is 1. The number of aromatic nitrogens is 5. The van der Waals surface area contributed by atoms with Gasteiger partial charge in [-0.15, -0.1) is 0 Å². The lowest BCUT2D eigenvalue weighted by Gasteiger charge is -2.06. The van der Waals surface area contributed by atoms with E-state index in [0.717, 1.165) is 17.5 Å². The van der Waals surface area contributed by atoms with Gasteiger partial charge in [0.1, 0.15) is 11.5 Å². The second-order valence-corrected chi connectivity index (χ2v) is 5.98. The van der Waals surface area contributed by atoms with E-state index < -0.39 is 17.6 Å². The first-order valence-electron chi connectivity index (χ1n) is 7.94. The third kappa shape index (κ3) is 3.09. The Morgan fingerprint density at radius 2 is 2.04 bits per heavy atom. The normalized spacial score (nSPS) is 12.0. The summed E-state index contributed by atoms with van der Waals surface area (Å²) in [5.41, 5.74) is 0.688. The second kappa shape index (κ2) is 6.08. The van der Waals surface area contributed by atoms with Crippen LogP contribution in [0.5, 0.6) is 0 Å². The maximum Gasteiger partial charge on any atom is 0.416 e. The van der Waals surface area contributed by atoms with E-state index in [4.69, 9.17) is 0 Å². The Balaban J connectivity index is 1.55. The lowest BCUT2D eigenvalue weighted by Crippen LogP contribution is -2.25. The number of carbonyl (C=O) groups is 1. The molecule has 27 heavy (non-hydrogen) atoms. The lowest BCUT2D eigenvalue weighted by atomic mass is 10.2. The van der Waals surface area contributed by atoms with Crippen molar-refractivity contribution in [1.82, 2.24) is 30.0 Å². The topological polar surface area (TPSA) is 88.5 Å². The van der Waals surface area contributed by atoms with Crippen LogP contribution >= 0.6 is 0 Å². The first-order chi connectivity index (χ1) is 12.8. The van der Waals surface area contributed by atoms with Gasteiger partial charge in [-0.05, 0) is 30.3 Å². The van der Waals surface area contributed by atoms with Gasteiger partial charge in [0.2, 0.25) is 0 Å². The van der Waals surface area contributed by atoms with Crippen molar-refractivity contribution < 1.29 is 18.0 Å². The fraction of sp³-hybridized carbons (Fsp3) is 0.176. The van der Waals surface area contributed by atoms with Crippen LogP contribution in [0.1, 0.15) is 21.9 Å². The Bertz CT molecular complexity index is 1160. The van der Waals surface area contributed by atoms with E-state index in [0.29, 0.717) is 17.0 Å². The molecule has 2 N–H and O–H groups in total. The number of halogens is 3. The SMILES string of the molecule is Cn1c(CNC(=O)c2ccc3cn[nH]c3n2)nc2cc(C(F)(F)F)ccc21. The van der Waals surface area contributed by atoms with Crippen molar-refractivity contribution in [1.29, 1.82) is 0 Å². The van der Waals surface area contributed by atoms with Gasteiger partial charge >= 0.3 is 6.18 Å². The number of H-pyrrole nitrogens is 1. The zero-order valence-electron chi connectivity index (χ0n) is 14.0. The number of fused-ring (bicyclic) bond motifs is 2. The molecule has 1 aromatic carbocycles. The highest BCUT2D eigenvalue weighted by Gasteiger charge is 2.31. The lowest BCUT2D eigenvalue weighted by molar-refractivity contribution is -0.137. The molecular formula is C17H13F3N6O. The zero-order chi connectivity index (χ0) is 19.2. The molecule has 0 saturated carbocycles. The average molecular weight is 374 g/mol. The number of aromatic amines is 1. The predicted octanol–water partition coefficient (Wildman–Crippen LogP) is 2.79. The van der Waals surface area contributed by atoms with E-state index >= 15 is 0 Å². The fourth-order valence-corrected chi connectivity index (χ4v) is 2.79. The molecular weight excluding hydrogens is 361 g/mol. The van der Waals surface area contributed by atoms with Gasteiger partial charge in [-0.1, -0.05) is 0 Å². The number of alkyl halides is 3. The fourth-order valence-electron chi connectivity index (χ4n) is 2.79. The maximum absolute atomic E-state index is 12.8. The van der Waals surface area contributed by atoms with Crippen molar-refractivity contribution in [2.75, 3.05) is 0 Å². The van der Waals surface area contributed by atoms with Gasteiger partial charge in [-0.25, -0.2) is 9.97 Å². The van der Waals surface area contributed by atoms with Crippen LogP contribution in [0, 0.1) is 0 Å². The van der Waals surface area contributed by atoms with Crippen LogP contribution in [0.15, 0.2) is 36.5 Å². The number of imidazole rings is 1. The van der Waals surface area contributed by atoms with E-state index in [9.17, 15) is 18.0 Å². The van der Waals surface area contributed by atoms with Crippen LogP contribution in [0.25, 0.3) is 22.1 Å². The molecule has 0 radical (unpaired) electrons. The third-order valence-electron chi connectivity index (χ3n) is 4.24. The maximum atomic E-state index is 12.8. The van der Waals surface area contributed by atoms with E-state index in [-0.39, 0.29) is 17.8 Å². The summed E-state index contributed by atoms with van der Waals surface area (Å²) < 4.78 is 40.2. The Morgan fingerprint density at radius 1 is 1.22 bits per heavy atom. The average Bonchev–Trinajstić information content (AvgIpc) is 3.22. The summed E-state index contributed by atoms with van der Waals surface area (Å²) >= 11 is 0. The molecule has 3 aromatic heterocycles. The molecule has 0 aliphatic carbocycles. The smallest absolute Gasteiger partial charge is 0.343 e. The van der Waals surface area contributed by atoms with Crippen LogP contribution in [0.3, 0.4) is 0 Å². The molecule has 0 bridgehead atoms. The van der Waals surface area contributed by atoms with Crippen LogP contribution < -0.4 is 5.32 Å². The predicted molar refractivity (Wildman–Crippen MR) is 90.8 cm³/mol. The van der Waals surface area contributed by atoms with Gasteiger partial charge in [0.15, 0.2) is 5.65 Å². The van der Waals surface area contributed by atoms with Gasteiger partial charge in [-0.3, -0.25) is 9.89 Å². The first-order valence-corrected chi connectivity index (χ1v) is 7.94. The molecule has 0 aliphatic heterocycles. The highest BCUT2D eigenvalue weighted by Crippen LogP contribution is 2.31. The monoisotopic (exact) mass is 374 g/mol. The Kier molecular flexibility index (Phi) is 3.83. The van der Waals surface area contributed by atoms with Gasteiger partial charge in [0.25, 0.3) is 5.91 Å². The number of hydrogen-bond acceptors (Lipinski definition) is 4. The summed E-state index contributed by atoms with van der Waals surface area (Å²) in [6.45, 7) is 0.0497. The first kappa shape index (κ1) is 17.0. The molecule has 10 heteroatoms. The number of amides is 1. The van der Waals surface area contributed by atoms with Gasteiger partial charge in [0.05, 0.1) is 29.3 Å². The molecule has 0 unspecified atom stereocenters. The molecule has 0 spiro atoms. The number of hydrogen-bond donors (Lipinski definition) is 2. The third-order valence-corrected chi connectivity index (χ3v) is 4.24. The summed E-state index contributed by atoms with van der Waals surface area (Å²) in [5, 5.41) is 9.98. The molecule has 138 valence electrons. The summed E-state index contributed by atoms with van der Waals surface area (Å²) in [6.07, 6.45) is -2.84. The number of pyridine rings is 1. The van der Waals surface area contributed by atoms with Crippen LogP contribution in [-0.2, 0) is 19.8 Å². The van der Waals surface area contributed by atoms with Crippen molar-refractivity contribution in [3.63, 3.8) is 0 Å². The Hall–Kier alpha value is -3.43. The minimum Gasteiger partial charge on any atom is -0.343 e. The highest BCUT2D eigenvalue weighted by atomic mass is 19.4. The van der Waals surface area contributed by atoms with E-state index in [1.54, 1.807) is 29.9 Å². The van der Waals surface area contributed by atoms with Gasteiger partial charge < -0.3 is 9.88 Å². The Morgan fingerprint density at radius 3 is 2.81 bits per heavy atom. The molecule has 4 rings (SSSR count). The van der Waals surface area contributed by atoms with Crippen LogP contribution in [0.4, 0.5) is 13.2 Å². The van der Waals surface area contributed by atoms with Crippen molar-refractivity contribution in [2.24, 2.45) is 7.05 Å². The standard InChI is InChI=1S/C17H13F3N6O/c1-26-13-5-3-10(17(18,19)20)6-12(13)23-14(26)8-21-16(27)11-4-2-9-7-22-25-15(9)24-11/h2-7H,8H2,1H3,(H,21,27)(H,22,24,25). The molecule has 0 saturated heterocycles. The second-order valence-electron chi connectivity index (χ2n) is 5.98. The summed E-state index contributed by atoms with van der Waals surface area (Å²) in [7, 11) is 1.68. The molecule has 1 amide bonds. The van der Waals surface area contributed by atoms with E-state index in [2.05, 4.69) is 25.5 Å². The van der Waals surface area contributed by atoms with Crippen molar-refractivity contribution >= 4 is 28.0 Å². The number of nitrogens with one attached hydrogen (secondary N) is 2. The molecule has 0 atom stereocenters. The summed E-state index contributed by atoms with van der Waals surface area (Å²) in [6, 6.07) is 6.65. The van der Waals surface area contributed by atoms with Crippen LogP contribution in [-0.4, -0.2) is 30.6 Å². The van der Waals surface area contributed by atoms with Crippen LogP contribution in [0.2, 0.25) is 0 Å². The van der Waals surface area contributed by atoms with Crippen molar-refractivity contribution in [2.45, 2.75) is 12.7 Å². The van der Waals surface area contributed by atoms with Crippen molar-refractivity contribution in [3.05, 3.63) is 53.6 Å². The molecule has 0 fully saturated rings. The minimum absolute atomic E-state index is 0.0497. The van der Waals surface area contributed by atoms with Gasteiger partial charge in [-0.2, -0.15) is 18.3 Å². The quantitative estimate of drug-likeness (QED) is 0.577.